The predicted molar refractivity (Wildman–Crippen MR) is 50.5 cm³/mol. The van der Waals surface area contributed by atoms with Gasteiger partial charge in [-0.1, -0.05) is 6.07 Å². The summed E-state index contributed by atoms with van der Waals surface area (Å²) in [6, 6.07) is 3.99. The maximum atomic E-state index is 13.3. The second-order valence-corrected chi connectivity index (χ2v) is 3.01. The Morgan fingerprint density at radius 1 is 1.50 bits per heavy atom. The standard InChI is InChI=1S/C10H13F2NO/c1-7(13)9-3-2-8(6-10(9)12)14-5-4-11/h2-3,6-7H,4-5,13H2,1H3/t7-/m0/s1. The molecular weight excluding hydrogens is 188 g/mol. The Balaban J connectivity index is 2.78. The van der Waals surface area contributed by atoms with Crippen LogP contribution in [0.2, 0.25) is 0 Å². The molecule has 0 unspecified atom stereocenters. The van der Waals surface area contributed by atoms with Crippen molar-refractivity contribution in [2.75, 3.05) is 13.3 Å². The average molecular weight is 201 g/mol. The van der Waals surface area contributed by atoms with E-state index in [0.29, 0.717) is 11.3 Å². The molecule has 2 nitrogen and oxygen atoms in total. The Morgan fingerprint density at radius 2 is 2.21 bits per heavy atom. The number of benzene rings is 1. The van der Waals surface area contributed by atoms with Gasteiger partial charge >= 0.3 is 0 Å². The van der Waals surface area contributed by atoms with E-state index >= 15 is 0 Å². The smallest absolute Gasteiger partial charge is 0.131 e. The van der Waals surface area contributed by atoms with Crippen molar-refractivity contribution in [1.29, 1.82) is 0 Å². The van der Waals surface area contributed by atoms with Crippen molar-refractivity contribution in [3.05, 3.63) is 29.6 Å². The number of alkyl halides is 1. The summed E-state index contributed by atoms with van der Waals surface area (Å²) in [5.41, 5.74) is 5.95. The normalized spacial score (nSPS) is 12.6. The highest BCUT2D eigenvalue weighted by molar-refractivity contribution is 5.30. The van der Waals surface area contributed by atoms with E-state index in [0.717, 1.165) is 0 Å². The fourth-order valence-corrected chi connectivity index (χ4v) is 1.12. The van der Waals surface area contributed by atoms with E-state index in [2.05, 4.69) is 0 Å². The summed E-state index contributed by atoms with van der Waals surface area (Å²) in [5, 5.41) is 0. The molecule has 78 valence electrons. The molecule has 0 spiro atoms. The van der Waals surface area contributed by atoms with E-state index in [9.17, 15) is 8.78 Å². The Bertz CT molecular complexity index is 302. The molecule has 0 amide bonds. The first-order valence-electron chi connectivity index (χ1n) is 4.39. The van der Waals surface area contributed by atoms with Crippen LogP contribution in [0.15, 0.2) is 18.2 Å². The van der Waals surface area contributed by atoms with Crippen LogP contribution < -0.4 is 10.5 Å². The molecule has 0 saturated heterocycles. The zero-order valence-electron chi connectivity index (χ0n) is 7.97. The maximum absolute atomic E-state index is 13.3. The first kappa shape index (κ1) is 10.9. The van der Waals surface area contributed by atoms with Gasteiger partial charge in [0.25, 0.3) is 0 Å². The van der Waals surface area contributed by atoms with Crippen LogP contribution in [-0.2, 0) is 0 Å². The van der Waals surface area contributed by atoms with Gasteiger partial charge in [0.15, 0.2) is 0 Å². The van der Waals surface area contributed by atoms with Gasteiger partial charge in [-0.3, -0.25) is 0 Å². The molecule has 14 heavy (non-hydrogen) atoms. The molecule has 2 N–H and O–H groups in total. The van der Waals surface area contributed by atoms with Gasteiger partial charge in [0.2, 0.25) is 0 Å². The molecule has 0 heterocycles. The molecule has 1 atom stereocenters. The Hall–Kier alpha value is -1.16. The molecule has 0 fully saturated rings. The fourth-order valence-electron chi connectivity index (χ4n) is 1.12. The topological polar surface area (TPSA) is 35.2 Å². The molecule has 1 rings (SSSR count). The molecule has 1 aromatic rings. The summed E-state index contributed by atoms with van der Waals surface area (Å²) in [5.74, 6) is -0.0964. The van der Waals surface area contributed by atoms with Gasteiger partial charge in [0.05, 0.1) is 0 Å². The third kappa shape index (κ3) is 2.67. The summed E-state index contributed by atoms with van der Waals surface area (Å²) in [7, 11) is 0. The molecule has 4 heteroatoms. The molecule has 0 aromatic heterocycles. The van der Waals surface area contributed by atoms with Crippen LogP contribution in [0.4, 0.5) is 8.78 Å². The molecule has 0 saturated carbocycles. The van der Waals surface area contributed by atoms with Crippen molar-refractivity contribution >= 4 is 0 Å². The van der Waals surface area contributed by atoms with Gasteiger partial charge in [-0.25, -0.2) is 8.78 Å². The van der Waals surface area contributed by atoms with Crippen molar-refractivity contribution in [3.8, 4) is 5.75 Å². The van der Waals surface area contributed by atoms with Crippen LogP contribution in [0.25, 0.3) is 0 Å². The third-order valence-corrected chi connectivity index (χ3v) is 1.81. The molecule has 0 aliphatic rings. The van der Waals surface area contributed by atoms with Gasteiger partial charge in [0.1, 0.15) is 24.8 Å². The quantitative estimate of drug-likeness (QED) is 0.810. The van der Waals surface area contributed by atoms with Gasteiger partial charge in [-0.2, -0.15) is 0 Å². The monoisotopic (exact) mass is 201 g/mol. The second-order valence-electron chi connectivity index (χ2n) is 3.01. The van der Waals surface area contributed by atoms with Crippen LogP contribution in [-0.4, -0.2) is 13.3 Å². The average Bonchev–Trinajstić information content (AvgIpc) is 2.14. The highest BCUT2D eigenvalue weighted by Crippen LogP contribution is 2.20. The van der Waals surface area contributed by atoms with E-state index in [1.165, 1.54) is 6.07 Å². The van der Waals surface area contributed by atoms with Crippen molar-refractivity contribution < 1.29 is 13.5 Å². The third-order valence-electron chi connectivity index (χ3n) is 1.81. The first-order chi connectivity index (χ1) is 6.65. The number of rotatable bonds is 4. The minimum absolute atomic E-state index is 0.0586. The SMILES string of the molecule is C[C@H](N)c1ccc(OCCF)cc1F. The predicted octanol–water partition coefficient (Wildman–Crippen LogP) is 2.19. The number of halogens is 2. The summed E-state index contributed by atoms with van der Waals surface area (Å²) in [6.07, 6.45) is 0. The molecule has 1 aromatic carbocycles. The van der Waals surface area contributed by atoms with E-state index in [1.54, 1.807) is 19.1 Å². The van der Waals surface area contributed by atoms with E-state index in [1.807, 2.05) is 0 Å². The van der Waals surface area contributed by atoms with Crippen molar-refractivity contribution in [3.63, 3.8) is 0 Å². The van der Waals surface area contributed by atoms with Crippen LogP contribution in [0, 0.1) is 5.82 Å². The molecule has 0 aliphatic carbocycles. The lowest BCUT2D eigenvalue weighted by atomic mass is 10.1. The first-order valence-corrected chi connectivity index (χ1v) is 4.39. The van der Waals surface area contributed by atoms with Crippen LogP contribution in [0.5, 0.6) is 5.75 Å². The zero-order chi connectivity index (χ0) is 10.6. The Labute approximate surface area is 81.7 Å². The summed E-state index contributed by atoms with van der Waals surface area (Å²) in [4.78, 5) is 0. The molecule has 0 bridgehead atoms. The van der Waals surface area contributed by atoms with Gasteiger partial charge < -0.3 is 10.5 Å². The molecule has 0 radical (unpaired) electrons. The van der Waals surface area contributed by atoms with Gasteiger partial charge in [0, 0.05) is 17.7 Å². The summed E-state index contributed by atoms with van der Waals surface area (Å²) < 4.78 is 29.9. The summed E-state index contributed by atoms with van der Waals surface area (Å²) in [6.45, 7) is 1.05. The lowest BCUT2D eigenvalue weighted by Gasteiger charge is -2.09. The van der Waals surface area contributed by atoms with Crippen molar-refractivity contribution in [1.82, 2.24) is 0 Å². The van der Waals surface area contributed by atoms with Gasteiger partial charge in [-0.15, -0.1) is 0 Å². The molecular formula is C10H13F2NO. The number of ether oxygens (including phenoxy) is 1. The van der Waals surface area contributed by atoms with Crippen molar-refractivity contribution in [2.24, 2.45) is 5.73 Å². The number of hydrogen-bond acceptors (Lipinski definition) is 2. The minimum atomic E-state index is -0.587. The fraction of sp³-hybridized carbons (Fsp3) is 0.400. The van der Waals surface area contributed by atoms with Gasteiger partial charge in [-0.05, 0) is 13.0 Å². The lowest BCUT2D eigenvalue weighted by Crippen LogP contribution is -2.07. The Morgan fingerprint density at radius 3 is 2.71 bits per heavy atom. The zero-order valence-corrected chi connectivity index (χ0v) is 7.97. The highest BCUT2D eigenvalue weighted by Gasteiger charge is 2.07. The number of hydrogen-bond donors (Lipinski definition) is 1. The molecule has 0 aliphatic heterocycles. The second kappa shape index (κ2) is 4.91. The van der Waals surface area contributed by atoms with E-state index in [4.69, 9.17) is 10.5 Å². The maximum Gasteiger partial charge on any atom is 0.131 e. The van der Waals surface area contributed by atoms with E-state index < -0.39 is 12.5 Å². The van der Waals surface area contributed by atoms with E-state index in [-0.39, 0.29) is 12.6 Å². The highest BCUT2D eigenvalue weighted by atomic mass is 19.1. The van der Waals surface area contributed by atoms with Crippen LogP contribution >= 0.6 is 0 Å². The minimum Gasteiger partial charge on any atom is -0.491 e. The largest absolute Gasteiger partial charge is 0.491 e. The van der Waals surface area contributed by atoms with Crippen LogP contribution in [0.3, 0.4) is 0 Å². The van der Waals surface area contributed by atoms with Crippen LogP contribution in [0.1, 0.15) is 18.5 Å². The van der Waals surface area contributed by atoms with Crippen molar-refractivity contribution in [2.45, 2.75) is 13.0 Å². The Kier molecular flexibility index (Phi) is 3.83. The lowest BCUT2D eigenvalue weighted by molar-refractivity contribution is 0.272. The summed E-state index contributed by atoms with van der Waals surface area (Å²) >= 11 is 0. The number of nitrogens with two attached hydrogens (primary N) is 1.